The zero-order valence-electron chi connectivity index (χ0n) is 15.1. The van der Waals surface area contributed by atoms with Crippen LogP contribution in [0.4, 0.5) is 0 Å². The third-order valence-corrected chi connectivity index (χ3v) is 5.18. The Morgan fingerprint density at radius 1 is 1.38 bits per heavy atom. The molecule has 1 aromatic carbocycles. The summed E-state index contributed by atoms with van der Waals surface area (Å²) in [5, 5.41) is 7.04. The molecule has 3 rings (SSSR count). The molecule has 2 N–H and O–H groups in total. The highest BCUT2D eigenvalue weighted by Gasteiger charge is 2.33. The second-order valence-corrected chi connectivity index (χ2v) is 6.95. The number of nitrogens with one attached hydrogen (secondary N) is 2. The summed E-state index contributed by atoms with van der Waals surface area (Å²) in [6.07, 6.45) is 3.81. The molecule has 5 nitrogen and oxygen atoms in total. The van der Waals surface area contributed by atoms with Crippen molar-refractivity contribution in [3.05, 3.63) is 29.8 Å². The fraction of sp³-hybridized carbons (Fsp3) is 0.632. The van der Waals surface area contributed by atoms with Gasteiger partial charge in [-0.15, -0.1) is 0 Å². The van der Waals surface area contributed by atoms with E-state index in [0.29, 0.717) is 12.1 Å². The standard InChI is InChI=1S/C19H30N4O/c1-14-11-17(14)22-19(20-2)21-13-18(23-9-4-5-10-23)15-7-6-8-16(12-15)24-3/h6-8,12,14,17-18H,4-5,9-11,13H2,1-3H3,(H2,20,21,22). The highest BCUT2D eigenvalue weighted by molar-refractivity contribution is 5.80. The average Bonchev–Trinajstić information content (AvgIpc) is 3.07. The van der Waals surface area contributed by atoms with Crippen LogP contribution in [0.2, 0.25) is 0 Å². The van der Waals surface area contributed by atoms with E-state index in [-0.39, 0.29) is 0 Å². The number of guanidine groups is 1. The van der Waals surface area contributed by atoms with Crippen LogP contribution in [0.15, 0.2) is 29.3 Å². The highest BCUT2D eigenvalue weighted by Crippen LogP contribution is 2.29. The largest absolute Gasteiger partial charge is 0.497 e. The van der Waals surface area contributed by atoms with Crippen LogP contribution in [0.3, 0.4) is 0 Å². The van der Waals surface area contributed by atoms with Crippen LogP contribution in [-0.2, 0) is 0 Å². The summed E-state index contributed by atoms with van der Waals surface area (Å²) in [7, 11) is 3.57. The molecule has 0 spiro atoms. The zero-order valence-corrected chi connectivity index (χ0v) is 15.1. The Hall–Kier alpha value is -1.75. The maximum absolute atomic E-state index is 5.41. The molecular weight excluding hydrogens is 300 g/mol. The number of benzene rings is 1. The predicted octanol–water partition coefficient (Wildman–Crippen LogP) is 2.41. The lowest BCUT2D eigenvalue weighted by Gasteiger charge is -2.29. The minimum atomic E-state index is 0.345. The SMILES string of the molecule is CN=C(NCC(c1cccc(OC)c1)N1CCCC1)NC1CC1C. The first-order chi connectivity index (χ1) is 11.7. The van der Waals surface area contributed by atoms with Crippen molar-refractivity contribution in [2.24, 2.45) is 10.9 Å². The summed E-state index contributed by atoms with van der Waals surface area (Å²) < 4.78 is 5.41. The Morgan fingerprint density at radius 2 is 2.12 bits per heavy atom. The fourth-order valence-electron chi connectivity index (χ4n) is 3.45. The van der Waals surface area contributed by atoms with E-state index >= 15 is 0 Å². The smallest absolute Gasteiger partial charge is 0.191 e. The van der Waals surface area contributed by atoms with Crippen LogP contribution in [-0.4, -0.2) is 50.7 Å². The van der Waals surface area contributed by atoms with E-state index in [2.05, 4.69) is 45.6 Å². The summed E-state index contributed by atoms with van der Waals surface area (Å²) in [4.78, 5) is 6.94. The van der Waals surface area contributed by atoms with Gasteiger partial charge < -0.3 is 15.4 Å². The highest BCUT2D eigenvalue weighted by atomic mass is 16.5. The number of likely N-dealkylation sites (tertiary alicyclic amines) is 1. The van der Waals surface area contributed by atoms with E-state index in [1.807, 2.05) is 13.1 Å². The monoisotopic (exact) mass is 330 g/mol. The van der Waals surface area contributed by atoms with E-state index in [1.165, 1.54) is 24.8 Å². The van der Waals surface area contributed by atoms with Gasteiger partial charge in [-0.1, -0.05) is 19.1 Å². The van der Waals surface area contributed by atoms with Crippen molar-refractivity contribution in [2.45, 2.75) is 38.3 Å². The van der Waals surface area contributed by atoms with Gasteiger partial charge in [0.15, 0.2) is 5.96 Å². The molecule has 1 aliphatic carbocycles. The summed E-state index contributed by atoms with van der Waals surface area (Å²) in [6.45, 7) is 5.45. The van der Waals surface area contributed by atoms with E-state index in [0.717, 1.165) is 37.3 Å². The number of hydrogen-bond acceptors (Lipinski definition) is 3. The van der Waals surface area contributed by atoms with Gasteiger partial charge in [0.05, 0.1) is 13.2 Å². The second kappa shape index (κ2) is 7.88. The molecule has 0 amide bonds. The molecule has 1 saturated carbocycles. The minimum Gasteiger partial charge on any atom is -0.497 e. The molecule has 3 unspecified atom stereocenters. The molecule has 132 valence electrons. The van der Waals surface area contributed by atoms with Gasteiger partial charge >= 0.3 is 0 Å². The van der Waals surface area contributed by atoms with Gasteiger partial charge in [0.1, 0.15) is 5.75 Å². The Kier molecular flexibility index (Phi) is 5.61. The Morgan fingerprint density at radius 3 is 2.75 bits per heavy atom. The van der Waals surface area contributed by atoms with Crippen molar-refractivity contribution >= 4 is 5.96 Å². The molecule has 1 aliphatic heterocycles. The number of rotatable bonds is 6. The molecular formula is C19H30N4O. The van der Waals surface area contributed by atoms with Gasteiger partial charge in [0.2, 0.25) is 0 Å². The molecule has 0 bridgehead atoms. The lowest BCUT2D eigenvalue weighted by atomic mass is 10.1. The van der Waals surface area contributed by atoms with Crippen molar-refractivity contribution in [1.82, 2.24) is 15.5 Å². The third-order valence-electron chi connectivity index (χ3n) is 5.18. The Bertz CT molecular complexity index is 568. The summed E-state index contributed by atoms with van der Waals surface area (Å²) in [5.41, 5.74) is 1.30. The van der Waals surface area contributed by atoms with Crippen LogP contribution in [0.25, 0.3) is 0 Å². The van der Waals surface area contributed by atoms with Crippen molar-refractivity contribution in [3.63, 3.8) is 0 Å². The normalized spacial score (nSPS) is 25.4. The van der Waals surface area contributed by atoms with Gasteiger partial charge in [-0.3, -0.25) is 9.89 Å². The minimum absolute atomic E-state index is 0.345. The average molecular weight is 330 g/mol. The van der Waals surface area contributed by atoms with Crippen LogP contribution >= 0.6 is 0 Å². The predicted molar refractivity (Wildman–Crippen MR) is 98.6 cm³/mol. The van der Waals surface area contributed by atoms with Crippen LogP contribution in [0.5, 0.6) is 5.75 Å². The van der Waals surface area contributed by atoms with Crippen molar-refractivity contribution in [1.29, 1.82) is 0 Å². The Balaban J connectivity index is 1.67. The van der Waals surface area contributed by atoms with Gasteiger partial charge in [0, 0.05) is 19.6 Å². The molecule has 3 atom stereocenters. The maximum atomic E-state index is 5.41. The summed E-state index contributed by atoms with van der Waals surface area (Å²) in [6, 6.07) is 9.37. The Labute approximate surface area is 145 Å². The summed E-state index contributed by atoms with van der Waals surface area (Å²) >= 11 is 0. The molecule has 2 aliphatic rings. The lowest BCUT2D eigenvalue weighted by molar-refractivity contribution is 0.245. The second-order valence-electron chi connectivity index (χ2n) is 6.95. The third kappa shape index (κ3) is 4.20. The number of nitrogens with zero attached hydrogens (tertiary/aromatic N) is 2. The van der Waals surface area contributed by atoms with Crippen LogP contribution in [0.1, 0.15) is 37.8 Å². The van der Waals surface area contributed by atoms with Gasteiger partial charge in [0.25, 0.3) is 0 Å². The topological polar surface area (TPSA) is 48.9 Å². The fourth-order valence-corrected chi connectivity index (χ4v) is 3.45. The molecule has 5 heteroatoms. The first kappa shape index (κ1) is 17.1. The van der Waals surface area contributed by atoms with Gasteiger partial charge in [-0.2, -0.15) is 0 Å². The molecule has 24 heavy (non-hydrogen) atoms. The van der Waals surface area contributed by atoms with Gasteiger partial charge in [-0.25, -0.2) is 0 Å². The van der Waals surface area contributed by atoms with Crippen molar-refractivity contribution in [2.75, 3.05) is 33.8 Å². The van der Waals surface area contributed by atoms with E-state index in [4.69, 9.17) is 4.74 Å². The zero-order chi connectivity index (χ0) is 16.9. The van der Waals surface area contributed by atoms with Crippen molar-refractivity contribution < 1.29 is 4.74 Å². The number of methoxy groups -OCH3 is 1. The molecule has 0 radical (unpaired) electrons. The quantitative estimate of drug-likeness (QED) is 0.621. The number of aliphatic imine (C=N–C) groups is 1. The molecule has 2 fully saturated rings. The van der Waals surface area contributed by atoms with E-state index in [9.17, 15) is 0 Å². The summed E-state index contributed by atoms with van der Waals surface area (Å²) in [5.74, 6) is 2.60. The van der Waals surface area contributed by atoms with Gasteiger partial charge in [-0.05, 0) is 56.0 Å². The number of hydrogen-bond donors (Lipinski definition) is 2. The first-order valence-electron chi connectivity index (χ1n) is 9.06. The van der Waals surface area contributed by atoms with E-state index in [1.54, 1.807) is 7.11 Å². The molecule has 1 aromatic rings. The lowest BCUT2D eigenvalue weighted by Crippen LogP contribution is -2.43. The van der Waals surface area contributed by atoms with Crippen molar-refractivity contribution in [3.8, 4) is 5.75 Å². The molecule has 0 aromatic heterocycles. The number of ether oxygens (including phenoxy) is 1. The molecule has 1 saturated heterocycles. The molecule has 1 heterocycles. The van der Waals surface area contributed by atoms with Crippen LogP contribution in [0, 0.1) is 5.92 Å². The maximum Gasteiger partial charge on any atom is 0.191 e. The van der Waals surface area contributed by atoms with Crippen LogP contribution < -0.4 is 15.4 Å². The first-order valence-corrected chi connectivity index (χ1v) is 9.06. The van der Waals surface area contributed by atoms with E-state index < -0.39 is 0 Å².